The van der Waals surface area contributed by atoms with Crippen LogP contribution in [0.3, 0.4) is 0 Å². The van der Waals surface area contributed by atoms with Crippen molar-refractivity contribution in [3.63, 3.8) is 0 Å². The second-order valence-electron chi connectivity index (χ2n) is 4.71. The minimum absolute atomic E-state index is 0.00202. The summed E-state index contributed by atoms with van der Waals surface area (Å²) in [5.41, 5.74) is 6.16. The highest BCUT2D eigenvalue weighted by Gasteiger charge is 2.39. The molecule has 0 saturated heterocycles. The lowest BCUT2D eigenvalue weighted by atomic mass is 10.3. The van der Waals surface area contributed by atoms with E-state index >= 15 is 0 Å². The second-order valence-corrected chi connectivity index (χ2v) is 6.93. The Morgan fingerprint density at radius 2 is 2.26 bits per heavy atom. The van der Waals surface area contributed by atoms with Gasteiger partial charge in [-0.1, -0.05) is 6.07 Å². The highest BCUT2D eigenvalue weighted by molar-refractivity contribution is 7.90. The average molecular weight is 282 g/mol. The number of hydrogen-bond donors (Lipinski definition) is 2. The molecule has 0 atom stereocenters. The number of nitrogens with zero attached hydrogens (tertiary/aromatic N) is 2. The smallest absolute Gasteiger partial charge is 0.217 e. The largest absolute Gasteiger partial charge is 0.388 e. The molecule has 0 aromatic carbocycles. The lowest BCUT2D eigenvalue weighted by Gasteiger charge is -2.21. The number of hydrogen-bond acceptors (Lipinski definition) is 4. The summed E-state index contributed by atoms with van der Waals surface area (Å²) in [5, 5.41) is 6.99. The number of amidine groups is 1. The summed E-state index contributed by atoms with van der Waals surface area (Å²) in [5.74, 6) is 0.00202. The molecule has 1 aliphatic carbocycles. The second kappa shape index (κ2) is 5.66. The van der Waals surface area contributed by atoms with E-state index < -0.39 is 10.0 Å². The van der Waals surface area contributed by atoms with Gasteiger partial charge in [0.2, 0.25) is 10.0 Å². The van der Waals surface area contributed by atoms with Crippen LogP contribution in [0.4, 0.5) is 0 Å². The third kappa shape index (κ3) is 3.74. The molecule has 1 fully saturated rings. The molecule has 1 heterocycles. The van der Waals surface area contributed by atoms with Crippen molar-refractivity contribution in [1.29, 1.82) is 5.41 Å². The summed E-state index contributed by atoms with van der Waals surface area (Å²) in [6.45, 7) is 0.545. The van der Waals surface area contributed by atoms with E-state index in [9.17, 15) is 8.42 Å². The van der Waals surface area contributed by atoms with Crippen LogP contribution in [0, 0.1) is 5.41 Å². The molecule has 104 valence electrons. The number of nitrogens with one attached hydrogen (secondary N) is 1. The van der Waals surface area contributed by atoms with Crippen molar-refractivity contribution in [1.82, 2.24) is 9.29 Å². The third-order valence-electron chi connectivity index (χ3n) is 3.02. The molecule has 19 heavy (non-hydrogen) atoms. The van der Waals surface area contributed by atoms with Gasteiger partial charge in [-0.3, -0.25) is 10.4 Å². The van der Waals surface area contributed by atoms with E-state index in [2.05, 4.69) is 4.98 Å². The van der Waals surface area contributed by atoms with E-state index in [0.29, 0.717) is 6.54 Å². The zero-order valence-electron chi connectivity index (χ0n) is 10.6. The van der Waals surface area contributed by atoms with Crippen LogP contribution < -0.4 is 5.73 Å². The molecule has 0 unspecified atom stereocenters. The first-order valence-corrected chi connectivity index (χ1v) is 7.71. The van der Waals surface area contributed by atoms with Gasteiger partial charge < -0.3 is 5.73 Å². The summed E-state index contributed by atoms with van der Waals surface area (Å²) in [7, 11) is -3.27. The number of sulfonamides is 1. The summed E-state index contributed by atoms with van der Waals surface area (Å²) in [6, 6.07) is 3.62. The Morgan fingerprint density at radius 1 is 1.53 bits per heavy atom. The van der Waals surface area contributed by atoms with E-state index in [1.807, 2.05) is 6.07 Å². The Kier molecular flexibility index (Phi) is 4.16. The van der Waals surface area contributed by atoms with Gasteiger partial charge in [0.25, 0.3) is 0 Å². The van der Waals surface area contributed by atoms with Crippen LogP contribution in [-0.2, 0) is 16.6 Å². The van der Waals surface area contributed by atoms with Crippen molar-refractivity contribution >= 4 is 15.9 Å². The maximum Gasteiger partial charge on any atom is 0.217 e. The van der Waals surface area contributed by atoms with Gasteiger partial charge in [0.05, 0.1) is 11.1 Å². The standard InChI is InChI=1S/C12H18N4O2S/c13-12(14)5-7-16(19(17,18)11-3-4-11)9-10-2-1-6-15-8-10/h1-2,6,8,11H,3-5,7,9H2,(H3,13,14). The lowest BCUT2D eigenvalue weighted by Crippen LogP contribution is -2.35. The van der Waals surface area contributed by atoms with Crippen LogP contribution in [0.1, 0.15) is 24.8 Å². The molecular formula is C12H18N4O2S. The minimum Gasteiger partial charge on any atom is -0.388 e. The Balaban J connectivity index is 2.12. The fourth-order valence-electron chi connectivity index (χ4n) is 1.81. The summed E-state index contributed by atoms with van der Waals surface area (Å²) in [4.78, 5) is 3.99. The zero-order valence-corrected chi connectivity index (χ0v) is 11.4. The van der Waals surface area contributed by atoms with Gasteiger partial charge in [0.1, 0.15) is 0 Å². The number of pyridine rings is 1. The highest BCUT2D eigenvalue weighted by Crippen LogP contribution is 2.31. The van der Waals surface area contributed by atoms with E-state index in [0.717, 1.165) is 18.4 Å². The topological polar surface area (TPSA) is 100 Å². The number of rotatable bonds is 7. The molecule has 0 amide bonds. The minimum atomic E-state index is -3.27. The fraction of sp³-hybridized carbons (Fsp3) is 0.500. The number of nitrogens with two attached hydrogens (primary N) is 1. The maximum absolute atomic E-state index is 12.3. The molecule has 1 aromatic heterocycles. The van der Waals surface area contributed by atoms with Crippen molar-refractivity contribution in [2.24, 2.45) is 5.73 Å². The Morgan fingerprint density at radius 3 is 2.79 bits per heavy atom. The van der Waals surface area contributed by atoms with Crippen LogP contribution in [0.5, 0.6) is 0 Å². The van der Waals surface area contributed by atoms with Crippen LogP contribution in [0.2, 0.25) is 0 Å². The first-order chi connectivity index (χ1) is 9.00. The summed E-state index contributed by atoms with van der Waals surface area (Å²) >= 11 is 0. The molecule has 0 radical (unpaired) electrons. The van der Waals surface area contributed by atoms with E-state index in [-0.39, 0.29) is 24.1 Å². The molecule has 0 bridgehead atoms. The first kappa shape index (κ1) is 14.0. The van der Waals surface area contributed by atoms with E-state index in [4.69, 9.17) is 11.1 Å². The molecule has 0 aliphatic heterocycles. The summed E-state index contributed by atoms with van der Waals surface area (Å²) < 4.78 is 26.0. The molecule has 0 spiro atoms. The Hall–Kier alpha value is -1.47. The average Bonchev–Trinajstić information content (AvgIpc) is 3.19. The van der Waals surface area contributed by atoms with E-state index in [1.165, 1.54) is 4.31 Å². The van der Waals surface area contributed by atoms with Crippen molar-refractivity contribution in [2.75, 3.05) is 6.54 Å². The van der Waals surface area contributed by atoms with Gasteiger partial charge in [-0.05, 0) is 24.5 Å². The monoisotopic (exact) mass is 282 g/mol. The van der Waals surface area contributed by atoms with E-state index in [1.54, 1.807) is 18.5 Å². The highest BCUT2D eigenvalue weighted by atomic mass is 32.2. The Labute approximate surface area is 113 Å². The Bertz CT molecular complexity index is 540. The van der Waals surface area contributed by atoms with Crippen LogP contribution in [-0.4, -0.2) is 35.3 Å². The number of aromatic nitrogens is 1. The van der Waals surface area contributed by atoms with Crippen LogP contribution in [0.25, 0.3) is 0 Å². The van der Waals surface area contributed by atoms with Crippen molar-refractivity contribution < 1.29 is 8.42 Å². The van der Waals surface area contributed by atoms with Gasteiger partial charge in [-0.2, -0.15) is 4.31 Å². The molecule has 1 aliphatic rings. The quantitative estimate of drug-likeness (QED) is 0.568. The van der Waals surface area contributed by atoms with Gasteiger partial charge in [0, 0.05) is 31.9 Å². The van der Waals surface area contributed by atoms with Gasteiger partial charge in [0.15, 0.2) is 0 Å². The van der Waals surface area contributed by atoms with Crippen LogP contribution in [0.15, 0.2) is 24.5 Å². The predicted molar refractivity (Wildman–Crippen MR) is 73.1 cm³/mol. The van der Waals surface area contributed by atoms with Crippen LogP contribution >= 0.6 is 0 Å². The molecule has 3 N–H and O–H groups in total. The van der Waals surface area contributed by atoms with Gasteiger partial charge in [-0.15, -0.1) is 0 Å². The molecule has 2 rings (SSSR count). The first-order valence-electron chi connectivity index (χ1n) is 6.21. The molecular weight excluding hydrogens is 264 g/mol. The SMILES string of the molecule is N=C(N)CCN(Cc1cccnc1)S(=O)(=O)C1CC1. The third-order valence-corrected chi connectivity index (χ3v) is 5.36. The molecule has 1 saturated carbocycles. The predicted octanol–water partition coefficient (Wildman–Crippen LogP) is 0.702. The molecule has 7 heteroatoms. The van der Waals surface area contributed by atoms with Gasteiger partial charge in [-0.25, -0.2) is 8.42 Å². The van der Waals surface area contributed by atoms with Gasteiger partial charge >= 0.3 is 0 Å². The fourth-order valence-corrected chi connectivity index (χ4v) is 3.64. The maximum atomic E-state index is 12.3. The zero-order chi connectivity index (χ0) is 13.9. The van der Waals surface area contributed by atoms with Crippen molar-refractivity contribution in [3.8, 4) is 0 Å². The van der Waals surface area contributed by atoms with Crippen molar-refractivity contribution in [2.45, 2.75) is 31.1 Å². The molecule has 1 aromatic rings. The molecule has 6 nitrogen and oxygen atoms in total. The van der Waals surface area contributed by atoms with Crippen molar-refractivity contribution in [3.05, 3.63) is 30.1 Å². The lowest BCUT2D eigenvalue weighted by molar-refractivity contribution is 0.413. The summed E-state index contributed by atoms with van der Waals surface area (Å²) in [6.07, 6.45) is 5.02. The normalized spacial score (nSPS) is 15.6.